The third-order valence-corrected chi connectivity index (χ3v) is 7.00. The van der Waals surface area contributed by atoms with Crippen LogP contribution in [0.2, 0.25) is 5.02 Å². The van der Waals surface area contributed by atoms with Gasteiger partial charge < -0.3 is 10.1 Å². The van der Waals surface area contributed by atoms with Crippen LogP contribution in [-0.2, 0) is 20.0 Å². The largest absolute Gasteiger partial charge is 0.484 e. The molecule has 0 spiro atoms. The molecular formula is C20H26ClN3O4S. The number of aromatic nitrogens is 2. The van der Waals surface area contributed by atoms with Gasteiger partial charge in [-0.15, -0.1) is 0 Å². The van der Waals surface area contributed by atoms with E-state index >= 15 is 0 Å². The van der Waals surface area contributed by atoms with Gasteiger partial charge in [0, 0.05) is 16.5 Å². The van der Waals surface area contributed by atoms with Crippen LogP contribution in [0.25, 0.3) is 0 Å². The standard InChI is InChI=1S/C20H26ClN3O4S/c1-13-9-15(5-6-16(13)21)28-11-19(25)22-18-10-17(20(2,3)4)23-24(18)14-7-8-29(26,27)12-14/h5-6,9-10,14H,7-8,11-12H2,1-4H3,(H,22,25). The van der Waals surface area contributed by atoms with Crippen molar-refractivity contribution in [2.24, 2.45) is 0 Å². The lowest BCUT2D eigenvalue weighted by atomic mass is 9.92. The monoisotopic (exact) mass is 439 g/mol. The molecule has 0 aliphatic carbocycles. The fourth-order valence-corrected chi connectivity index (χ4v) is 4.95. The number of sulfone groups is 1. The summed E-state index contributed by atoms with van der Waals surface area (Å²) in [5, 5.41) is 8.05. The Labute approximate surface area is 176 Å². The fraction of sp³-hybridized carbons (Fsp3) is 0.500. The molecule has 1 atom stereocenters. The summed E-state index contributed by atoms with van der Waals surface area (Å²) in [5.41, 5.74) is 1.41. The van der Waals surface area contributed by atoms with Gasteiger partial charge in [-0.2, -0.15) is 5.10 Å². The highest BCUT2D eigenvalue weighted by Crippen LogP contribution is 2.31. The number of halogens is 1. The molecule has 1 saturated heterocycles. The number of anilines is 1. The van der Waals surface area contributed by atoms with Crippen LogP contribution in [0.15, 0.2) is 24.3 Å². The molecule has 1 aliphatic rings. The molecule has 1 aliphatic heterocycles. The second-order valence-electron chi connectivity index (χ2n) is 8.41. The Kier molecular flexibility index (Phi) is 5.96. The van der Waals surface area contributed by atoms with Crippen molar-refractivity contribution in [2.75, 3.05) is 23.4 Å². The van der Waals surface area contributed by atoms with Gasteiger partial charge in [0.2, 0.25) is 0 Å². The minimum absolute atomic E-state index is 0.0294. The molecule has 2 aromatic rings. The van der Waals surface area contributed by atoms with E-state index in [1.165, 1.54) is 0 Å². The van der Waals surface area contributed by atoms with Crippen molar-refractivity contribution in [3.63, 3.8) is 0 Å². The molecule has 7 nitrogen and oxygen atoms in total. The third kappa shape index (κ3) is 5.30. The highest BCUT2D eigenvalue weighted by atomic mass is 35.5. The quantitative estimate of drug-likeness (QED) is 0.769. The smallest absolute Gasteiger partial charge is 0.263 e. The first-order valence-corrected chi connectivity index (χ1v) is 11.6. The normalized spacial score (nSPS) is 18.6. The lowest BCUT2D eigenvalue weighted by Gasteiger charge is -2.15. The number of benzene rings is 1. The van der Waals surface area contributed by atoms with Gasteiger partial charge >= 0.3 is 0 Å². The van der Waals surface area contributed by atoms with E-state index in [4.69, 9.17) is 16.3 Å². The summed E-state index contributed by atoms with van der Waals surface area (Å²) in [6.07, 6.45) is 0.483. The number of ether oxygens (including phenoxy) is 1. The molecule has 0 saturated carbocycles. The molecule has 1 fully saturated rings. The minimum Gasteiger partial charge on any atom is -0.484 e. The fourth-order valence-electron chi connectivity index (χ4n) is 3.14. The molecule has 2 heterocycles. The Hall–Kier alpha value is -2.06. The van der Waals surface area contributed by atoms with Gasteiger partial charge in [0.25, 0.3) is 5.91 Å². The first-order chi connectivity index (χ1) is 13.4. The summed E-state index contributed by atoms with van der Waals surface area (Å²) < 4.78 is 31.0. The van der Waals surface area contributed by atoms with Crippen molar-refractivity contribution < 1.29 is 17.9 Å². The van der Waals surface area contributed by atoms with E-state index in [2.05, 4.69) is 10.4 Å². The Morgan fingerprint density at radius 3 is 2.66 bits per heavy atom. The number of rotatable bonds is 5. The molecule has 1 aromatic carbocycles. The second-order valence-corrected chi connectivity index (χ2v) is 11.1. The van der Waals surface area contributed by atoms with Crippen molar-refractivity contribution in [3.8, 4) is 5.75 Å². The maximum absolute atomic E-state index is 12.5. The van der Waals surface area contributed by atoms with E-state index in [-0.39, 0.29) is 35.5 Å². The number of nitrogens with zero attached hydrogens (tertiary/aromatic N) is 2. The first-order valence-electron chi connectivity index (χ1n) is 9.44. The van der Waals surface area contributed by atoms with Crippen LogP contribution in [0.1, 0.15) is 44.5 Å². The van der Waals surface area contributed by atoms with E-state index in [0.29, 0.717) is 23.0 Å². The maximum atomic E-state index is 12.5. The molecule has 0 bridgehead atoms. The predicted octanol–water partition coefficient (Wildman–Crippen LogP) is 3.52. The molecule has 1 aromatic heterocycles. The number of hydrogen-bond donors (Lipinski definition) is 1. The third-order valence-electron chi connectivity index (χ3n) is 4.83. The topological polar surface area (TPSA) is 90.3 Å². The zero-order valence-corrected chi connectivity index (χ0v) is 18.6. The average Bonchev–Trinajstić information content (AvgIpc) is 3.18. The lowest BCUT2D eigenvalue weighted by Crippen LogP contribution is -2.24. The van der Waals surface area contributed by atoms with Crippen LogP contribution >= 0.6 is 11.6 Å². The average molecular weight is 440 g/mol. The van der Waals surface area contributed by atoms with Crippen molar-refractivity contribution in [1.29, 1.82) is 0 Å². The SMILES string of the molecule is Cc1cc(OCC(=O)Nc2cc(C(C)(C)C)nn2C2CCS(=O)(=O)C2)ccc1Cl. The number of hydrogen-bond acceptors (Lipinski definition) is 5. The number of amides is 1. The summed E-state index contributed by atoms with van der Waals surface area (Å²) >= 11 is 6.00. The minimum atomic E-state index is -3.08. The van der Waals surface area contributed by atoms with Crippen LogP contribution in [0.4, 0.5) is 5.82 Å². The van der Waals surface area contributed by atoms with Gasteiger partial charge in [0.15, 0.2) is 16.4 Å². The molecule has 9 heteroatoms. The molecule has 158 valence electrons. The zero-order valence-electron chi connectivity index (χ0n) is 17.0. The Balaban J connectivity index is 1.75. The molecule has 1 amide bonds. The van der Waals surface area contributed by atoms with Crippen molar-refractivity contribution in [3.05, 3.63) is 40.5 Å². The molecular weight excluding hydrogens is 414 g/mol. The molecule has 1 unspecified atom stereocenters. The number of aryl methyl sites for hydroxylation is 1. The van der Waals surface area contributed by atoms with Crippen LogP contribution in [-0.4, -0.2) is 42.2 Å². The lowest BCUT2D eigenvalue weighted by molar-refractivity contribution is -0.118. The first kappa shape index (κ1) is 21.6. The molecule has 0 radical (unpaired) electrons. The van der Waals surface area contributed by atoms with E-state index < -0.39 is 9.84 Å². The second kappa shape index (κ2) is 7.99. The zero-order chi connectivity index (χ0) is 21.4. The summed E-state index contributed by atoms with van der Waals surface area (Å²) in [7, 11) is -3.08. The number of nitrogens with one attached hydrogen (secondary N) is 1. The van der Waals surface area contributed by atoms with Gasteiger partial charge in [-0.1, -0.05) is 32.4 Å². The highest BCUT2D eigenvalue weighted by molar-refractivity contribution is 7.91. The maximum Gasteiger partial charge on any atom is 0.263 e. The van der Waals surface area contributed by atoms with Crippen molar-refractivity contribution >= 4 is 33.2 Å². The highest BCUT2D eigenvalue weighted by Gasteiger charge is 2.32. The van der Waals surface area contributed by atoms with Gasteiger partial charge in [0.1, 0.15) is 11.6 Å². The Bertz CT molecular complexity index is 1020. The van der Waals surface area contributed by atoms with Crippen LogP contribution in [0, 0.1) is 6.92 Å². The van der Waals surface area contributed by atoms with Gasteiger partial charge in [-0.3, -0.25) is 4.79 Å². The van der Waals surface area contributed by atoms with E-state index in [1.807, 2.05) is 27.7 Å². The van der Waals surface area contributed by atoms with E-state index in [0.717, 1.165) is 11.3 Å². The number of carbonyl (C=O) groups is 1. The van der Waals surface area contributed by atoms with E-state index in [1.54, 1.807) is 28.9 Å². The Morgan fingerprint density at radius 1 is 1.34 bits per heavy atom. The summed E-state index contributed by atoms with van der Waals surface area (Å²) in [5.74, 6) is 0.849. The Morgan fingerprint density at radius 2 is 2.07 bits per heavy atom. The van der Waals surface area contributed by atoms with Gasteiger partial charge in [0.05, 0.1) is 23.2 Å². The van der Waals surface area contributed by atoms with E-state index in [9.17, 15) is 13.2 Å². The van der Waals surface area contributed by atoms with Crippen LogP contribution < -0.4 is 10.1 Å². The number of carbonyl (C=O) groups excluding carboxylic acids is 1. The van der Waals surface area contributed by atoms with Crippen molar-refractivity contribution in [2.45, 2.75) is 45.6 Å². The predicted molar refractivity (Wildman–Crippen MR) is 114 cm³/mol. The molecule has 1 N–H and O–H groups in total. The van der Waals surface area contributed by atoms with Crippen LogP contribution in [0.3, 0.4) is 0 Å². The summed E-state index contributed by atoms with van der Waals surface area (Å²) in [6.45, 7) is 7.73. The van der Waals surface area contributed by atoms with Crippen molar-refractivity contribution in [1.82, 2.24) is 9.78 Å². The van der Waals surface area contributed by atoms with Crippen LogP contribution in [0.5, 0.6) is 5.75 Å². The van der Waals surface area contributed by atoms with Gasteiger partial charge in [-0.05, 0) is 37.1 Å². The van der Waals surface area contributed by atoms with Gasteiger partial charge in [-0.25, -0.2) is 13.1 Å². The summed E-state index contributed by atoms with van der Waals surface area (Å²) in [6, 6.07) is 6.70. The summed E-state index contributed by atoms with van der Waals surface area (Å²) in [4.78, 5) is 12.5. The molecule has 3 rings (SSSR count). The molecule has 29 heavy (non-hydrogen) atoms.